The molecule has 0 spiro atoms. The highest BCUT2D eigenvalue weighted by Gasteiger charge is 2.10. The second-order valence-corrected chi connectivity index (χ2v) is 6.65. The van der Waals surface area contributed by atoms with Gasteiger partial charge in [-0.1, -0.05) is 41.9 Å². The topological polar surface area (TPSA) is 21.3 Å². The van der Waals surface area contributed by atoms with E-state index < -0.39 is 0 Å². The molecule has 0 saturated carbocycles. The molecule has 0 aliphatic heterocycles. The van der Waals surface area contributed by atoms with E-state index in [2.05, 4.69) is 66.3 Å². The van der Waals surface area contributed by atoms with Gasteiger partial charge in [-0.15, -0.1) is 0 Å². The molecule has 1 atom stereocenters. The molecule has 0 fully saturated rings. The zero-order chi connectivity index (χ0) is 14.8. The van der Waals surface area contributed by atoms with Gasteiger partial charge in [0.15, 0.2) is 0 Å². The van der Waals surface area contributed by atoms with Crippen LogP contribution in [0.4, 0.5) is 0 Å². The minimum Gasteiger partial charge on any atom is -0.382 e. The van der Waals surface area contributed by atoms with E-state index in [1.54, 1.807) is 0 Å². The van der Waals surface area contributed by atoms with E-state index >= 15 is 0 Å². The van der Waals surface area contributed by atoms with Crippen LogP contribution in [0.1, 0.15) is 32.8 Å². The van der Waals surface area contributed by atoms with Crippen molar-refractivity contribution in [3.63, 3.8) is 0 Å². The van der Waals surface area contributed by atoms with Gasteiger partial charge in [-0.25, -0.2) is 0 Å². The van der Waals surface area contributed by atoms with E-state index in [1.165, 1.54) is 5.56 Å². The van der Waals surface area contributed by atoms with Gasteiger partial charge in [-0.3, -0.25) is 0 Å². The lowest BCUT2D eigenvalue weighted by atomic mass is 9.96. The fourth-order valence-electron chi connectivity index (χ4n) is 2.24. The third-order valence-electron chi connectivity index (χ3n) is 3.27. The van der Waals surface area contributed by atoms with Crippen molar-refractivity contribution in [1.82, 2.24) is 5.32 Å². The molecule has 0 amide bonds. The van der Waals surface area contributed by atoms with Crippen LogP contribution in [0.2, 0.25) is 0 Å². The molecule has 1 N–H and O–H groups in total. The molecule has 3 heteroatoms. The van der Waals surface area contributed by atoms with Crippen molar-refractivity contribution >= 4 is 15.9 Å². The number of hydrogen-bond acceptors (Lipinski definition) is 2. The predicted molar refractivity (Wildman–Crippen MR) is 90.2 cm³/mol. The summed E-state index contributed by atoms with van der Waals surface area (Å²) >= 11 is 3.55. The number of nitrogens with one attached hydrogen (secondary N) is 1. The maximum absolute atomic E-state index is 5.52. The Morgan fingerprint density at radius 2 is 2.05 bits per heavy atom. The van der Waals surface area contributed by atoms with Crippen LogP contribution in [0.3, 0.4) is 0 Å². The maximum Gasteiger partial charge on any atom is 0.0469 e. The zero-order valence-electron chi connectivity index (χ0n) is 13.0. The van der Waals surface area contributed by atoms with Crippen LogP contribution in [0.25, 0.3) is 0 Å². The van der Waals surface area contributed by atoms with Crippen molar-refractivity contribution < 1.29 is 4.74 Å². The molecule has 2 nitrogen and oxygen atoms in total. The summed E-state index contributed by atoms with van der Waals surface area (Å²) < 4.78 is 6.68. The lowest BCUT2D eigenvalue weighted by Gasteiger charge is -2.19. The van der Waals surface area contributed by atoms with Gasteiger partial charge in [-0.05, 0) is 62.4 Å². The third kappa shape index (κ3) is 8.03. The van der Waals surface area contributed by atoms with Crippen molar-refractivity contribution in [2.24, 2.45) is 11.8 Å². The second kappa shape index (κ2) is 10.4. The Morgan fingerprint density at radius 1 is 1.25 bits per heavy atom. The Labute approximate surface area is 132 Å². The van der Waals surface area contributed by atoms with Gasteiger partial charge in [-0.2, -0.15) is 0 Å². The van der Waals surface area contributed by atoms with Gasteiger partial charge in [0.05, 0.1) is 0 Å². The number of hydrogen-bond donors (Lipinski definition) is 1. The Kier molecular flexibility index (Phi) is 9.16. The Hall–Kier alpha value is -0.380. The molecule has 0 aliphatic carbocycles. The second-order valence-electron chi connectivity index (χ2n) is 5.74. The van der Waals surface area contributed by atoms with Crippen LogP contribution in [0, 0.1) is 11.8 Å². The first-order valence-corrected chi connectivity index (χ1v) is 8.44. The summed E-state index contributed by atoms with van der Waals surface area (Å²) in [6, 6.07) is 8.62. The summed E-state index contributed by atoms with van der Waals surface area (Å²) in [5.74, 6) is 1.34. The Morgan fingerprint density at radius 3 is 2.70 bits per heavy atom. The Bertz CT molecular complexity index is 368. The van der Waals surface area contributed by atoms with Crippen LogP contribution in [-0.2, 0) is 11.2 Å². The number of benzene rings is 1. The highest BCUT2D eigenvalue weighted by atomic mass is 79.9. The average molecular weight is 342 g/mol. The van der Waals surface area contributed by atoms with E-state index in [4.69, 9.17) is 4.74 Å². The SMILES string of the molecule is CCOCCC(CNCC(C)C)Cc1cccc(Br)c1. The first-order chi connectivity index (χ1) is 9.61. The predicted octanol–water partition coefficient (Wildman–Crippen LogP) is 4.28. The van der Waals surface area contributed by atoms with Gasteiger partial charge in [0.1, 0.15) is 0 Å². The normalized spacial score (nSPS) is 12.8. The van der Waals surface area contributed by atoms with Crippen LogP contribution in [0.5, 0.6) is 0 Å². The maximum atomic E-state index is 5.52. The van der Waals surface area contributed by atoms with Gasteiger partial charge >= 0.3 is 0 Å². The largest absolute Gasteiger partial charge is 0.382 e. The monoisotopic (exact) mass is 341 g/mol. The molecule has 1 rings (SSSR count). The standard InChI is InChI=1S/C17H28BrNO/c1-4-20-9-8-16(13-19-12-14(2)3)10-15-6-5-7-17(18)11-15/h5-7,11,14,16,19H,4,8-10,12-13H2,1-3H3. The summed E-state index contributed by atoms with van der Waals surface area (Å²) in [4.78, 5) is 0. The van der Waals surface area contributed by atoms with Crippen LogP contribution < -0.4 is 5.32 Å². The summed E-state index contributed by atoms with van der Waals surface area (Å²) in [7, 11) is 0. The fraction of sp³-hybridized carbons (Fsp3) is 0.647. The quantitative estimate of drug-likeness (QED) is 0.641. The molecule has 0 bridgehead atoms. The summed E-state index contributed by atoms with van der Waals surface area (Å²) in [5.41, 5.74) is 1.40. The molecule has 0 heterocycles. The van der Waals surface area contributed by atoms with Crippen molar-refractivity contribution in [2.45, 2.75) is 33.6 Å². The van der Waals surface area contributed by atoms with Crippen LogP contribution in [0.15, 0.2) is 28.7 Å². The first-order valence-electron chi connectivity index (χ1n) is 7.64. The first kappa shape index (κ1) is 17.7. The van der Waals surface area contributed by atoms with E-state index in [9.17, 15) is 0 Å². The van der Waals surface area contributed by atoms with Crippen molar-refractivity contribution in [3.8, 4) is 0 Å². The molecule has 0 radical (unpaired) electrons. The Balaban J connectivity index is 2.47. The minimum atomic E-state index is 0.634. The highest BCUT2D eigenvalue weighted by molar-refractivity contribution is 9.10. The molecule has 1 unspecified atom stereocenters. The van der Waals surface area contributed by atoms with Crippen LogP contribution in [-0.4, -0.2) is 26.3 Å². The highest BCUT2D eigenvalue weighted by Crippen LogP contribution is 2.17. The molecular weight excluding hydrogens is 314 g/mol. The molecule has 1 aromatic rings. The van der Waals surface area contributed by atoms with Crippen LogP contribution >= 0.6 is 15.9 Å². The number of halogens is 1. The van der Waals surface area contributed by atoms with E-state index in [-0.39, 0.29) is 0 Å². The molecule has 0 aromatic heterocycles. The fourth-order valence-corrected chi connectivity index (χ4v) is 2.69. The molecule has 1 aromatic carbocycles. The minimum absolute atomic E-state index is 0.634. The molecule has 20 heavy (non-hydrogen) atoms. The van der Waals surface area contributed by atoms with Crippen molar-refractivity contribution in [1.29, 1.82) is 0 Å². The average Bonchev–Trinajstić information content (AvgIpc) is 2.38. The lowest BCUT2D eigenvalue weighted by Crippen LogP contribution is -2.28. The van der Waals surface area contributed by atoms with Gasteiger partial charge in [0.2, 0.25) is 0 Å². The number of rotatable bonds is 10. The smallest absolute Gasteiger partial charge is 0.0469 e. The summed E-state index contributed by atoms with van der Waals surface area (Å²) in [5, 5.41) is 3.58. The summed E-state index contributed by atoms with van der Waals surface area (Å²) in [6.07, 6.45) is 2.23. The zero-order valence-corrected chi connectivity index (χ0v) is 14.6. The van der Waals surface area contributed by atoms with E-state index in [1.807, 2.05) is 0 Å². The van der Waals surface area contributed by atoms with Gasteiger partial charge < -0.3 is 10.1 Å². The van der Waals surface area contributed by atoms with Gasteiger partial charge in [0.25, 0.3) is 0 Å². The number of ether oxygens (including phenoxy) is 1. The van der Waals surface area contributed by atoms with Gasteiger partial charge in [0, 0.05) is 17.7 Å². The molecule has 114 valence electrons. The van der Waals surface area contributed by atoms with E-state index in [0.29, 0.717) is 11.8 Å². The molecule has 0 saturated heterocycles. The lowest BCUT2D eigenvalue weighted by molar-refractivity contribution is 0.131. The van der Waals surface area contributed by atoms with Crippen molar-refractivity contribution in [2.75, 3.05) is 26.3 Å². The molecular formula is C17H28BrNO. The van der Waals surface area contributed by atoms with Crippen molar-refractivity contribution in [3.05, 3.63) is 34.3 Å². The molecule has 0 aliphatic rings. The third-order valence-corrected chi connectivity index (χ3v) is 3.77. The summed E-state index contributed by atoms with van der Waals surface area (Å²) in [6.45, 7) is 10.4. The van der Waals surface area contributed by atoms with E-state index in [0.717, 1.165) is 43.6 Å².